The predicted octanol–water partition coefficient (Wildman–Crippen LogP) is 5.03. The minimum absolute atomic E-state index is 0.219. The van der Waals surface area contributed by atoms with E-state index < -0.39 is 0 Å². The number of thiophene rings is 1. The smallest absolute Gasteiger partial charge is 0.261 e. The Bertz CT molecular complexity index is 838. The summed E-state index contributed by atoms with van der Waals surface area (Å²) in [5.74, 6) is 0.286. The largest absolute Gasteiger partial charge is 0.360 e. The average molecular weight is 377 g/mol. The molecule has 0 aliphatic carbocycles. The summed E-state index contributed by atoms with van der Waals surface area (Å²) in [6.07, 6.45) is 0. The van der Waals surface area contributed by atoms with Crippen molar-refractivity contribution in [3.8, 4) is 10.6 Å². The first-order valence-corrected chi connectivity index (χ1v) is 8.25. The first-order valence-electron chi connectivity index (χ1n) is 6.64. The van der Waals surface area contributed by atoms with Gasteiger partial charge in [0, 0.05) is 5.69 Å². The highest BCUT2D eigenvalue weighted by Gasteiger charge is 2.22. The molecule has 1 N–H and O–H groups in total. The van der Waals surface area contributed by atoms with Crippen LogP contribution in [0.2, 0.25) is 0 Å². The van der Waals surface area contributed by atoms with Crippen LogP contribution in [0.25, 0.3) is 10.6 Å². The van der Waals surface area contributed by atoms with Crippen molar-refractivity contribution < 1.29 is 9.32 Å². The second-order valence-corrected chi connectivity index (χ2v) is 7.35. The van der Waals surface area contributed by atoms with E-state index in [-0.39, 0.29) is 5.91 Å². The molecule has 0 radical (unpaired) electrons. The van der Waals surface area contributed by atoms with Crippen LogP contribution in [-0.2, 0) is 0 Å². The molecular weight excluding hydrogens is 364 g/mol. The fraction of sp³-hybridized carbons (Fsp3) is 0.125. The van der Waals surface area contributed by atoms with Crippen molar-refractivity contribution in [2.75, 3.05) is 5.32 Å². The Hall–Kier alpha value is -1.92. The Labute approximate surface area is 140 Å². The van der Waals surface area contributed by atoms with E-state index in [1.54, 1.807) is 6.92 Å². The highest BCUT2D eigenvalue weighted by molar-refractivity contribution is 9.11. The number of amides is 1. The van der Waals surface area contributed by atoms with E-state index in [9.17, 15) is 4.79 Å². The quantitative estimate of drug-likeness (QED) is 0.696. The lowest BCUT2D eigenvalue weighted by Gasteiger charge is -2.06. The summed E-state index contributed by atoms with van der Waals surface area (Å²) < 4.78 is 6.20. The van der Waals surface area contributed by atoms with Crippen LogP contribution in [0.1, 0.15) is 21.7 Å². The maximum absolute atomic E-state index is 12.6. The molecule has 0 spiro atoms. The number of hydrogen-bond donors (Lipinski definition) is 1. The van der Waals surface area contributed by atoms with Crippen molar-refractivity contribution in [3.63, 3.8) is 0 Å². The molecule has 4 nitrogen and oxygen atoms in total. The molecule has 3 aromatic rings. The molecule has 112 valence electrons. The maximum Gasteiger partial charge on any atom is 0.261 e. The Kier molecular flexibility index (Phi) is 4.13. The summed E-state index contributed by atoms with van der Waals surface area (Å²) >= 11 is 4.93. The van der Waals surface area contributed by atoms with E-state index >= 15 is 0 Å². The van der Waals surface area contributed by atoms with Gasteiger partial charge in [0.05, 0.1) is 8.66 Å². The van der Waals surface area contributed by atoms with E-state index in [0.29, 0.717) is 17.0 Å². The fourth-order valence-corrected chi connectivity index (χ4v) is 3.54. The van der Waals surface area contributed by atoms with Crippen LogP contribution in [0.4, 0.5) is 5.69 Å². The zero-order chi connectivity index (χ0) is 15.7. The number of nitrogens with one attached hydrogen (secondary N) is 1. The maximum atomic E-state index is 12.6. The molecule has 0 aliphatic rings. The zero-order valence-corrected chi connectivity index (χ0v) is 14.4. The van der Waals surface area contributed by atoms with Gasteiger partial charge in [-0.1, -0.05) is 17.3 Å². The van der Waals surface area contributed by atoms with Crippen LogP contribution >= 0.6 is 27.3 Å². The molecule has 22 heavy (non-hydrogen) atoms. The van der Waals surface area contributed by atoms with Crippen LogP contribution in [0, 0.1) is 13.8 Å². The van der Waals surface area contributed by atoms with Crippen LogP contribution in [0.15, 0.2) is 44.7 Å². The summed E-state index contributed by atoms with van der Waals surface area (Å²) in [5.41, 5.74) is 2.88. The second kappa shape index (κ2) is 6.06. The normalized spacial score (nSPS) is 10.7. The Morgan fingerprint density at radius 3 is 2.77 bits per heavy atom. The van der Waals surface area contributed by atoms with Gasteiger partial charge in [-0.3, -0.25) is 4.79 Å². The number of hydrogen-bond acceptors (Lipinski definition) is 4. The minimum Gasteiger partial charge on any atom is -0.360 e. The summed E-state index contributed by atoms with van der Waals surface area (Å²) in [5, 5.41) is 6.93. The van der Waals surface area contributed by atoms with Crippen LogP contribution in [0.5, 0.6) is 0 Å². The number of aromatic nitrogens is 1. The number of carbonyl (C=O) groups is 1. The number of aryl methyl sites for hydroxylation is 2. The van der Waals surface area contributed by atoms with Gasteiger partial charge in [0.25, 0.3) is 5.91 Å². The topological polar surface area (TPSA) is 55.1 Å². The van der Waals surface area contributed by atoms with Crippen molar-refractivity contribution in [2.45, 2.75) is 13.8 Å². The molecule has 2 heterocycles. The third-order valence-electron chi connectivity index (χ3n) is 3.17. The lowest BCUT2D eigenvalue weighted by Crippen LogP contribution is -2.13. The van der Waals surface area contributed by atoms with Crippen LogP contribution in [-0.4, -0.2) is 11.1 Å². The number of rotatable bonds is 3. The molecule has 0 atom stereocenters. The summed E-state index contributed by atoms with van der Waals surface area (Å²) in [6.45, 7) is 3.72. The molecule has 0 bridgehead atoms. The molecule has 0 saturated heterocycles. The van der Waals surface area contributed by atoms with Gasteiger partial charge in [0.2, 0.25) is 0 Å². The molecule has 1 amide bonds. The predicted molar refractivity (Wildman–Crippen MR) is 91.4 cm³/mol. The Morgan fingerprint density at radius 2 is 2.09 bits per heavy atom. The van der Waals surface area contributed by atoms with E-state index in [2.05, 4.69) is 26.4 Å². The van der Waals surface area contributed by atoms with Gasteiger partial charge in [-0.15, -0.1) is 11.3 Å². The van der Waals surface area contributed by atoms with Gasteiger partial charge in [-0.25, -0.2) is 0 Å². The number of carbonyl (C=O) groups excluding carboxylic acids is 1. The second-order valence-electron chi connectivity index (χ2n) is 4.89. The third kappa shape index (κ3) is 2.98. The van der Waals surface area contributed by atoms with Crippen LogP contribution < -0.4 is 5.32 Å². The fourth-order valence-electron chi connectivity index (χ4n) is 2.17. The minimum atomic E-state index is -0.219. The first kappa shape index (κ1) is 15.0. The SMILES string of the molecule is Cc1cccc(NC(=O)c2c(-c3ccc(Br)s3)noc2C)c1. The summed E-state index contributed by atoms with van der Waals surface area (Å²) in [7, 11) is 0. The van der Waals surface area contributed by atoms with Crippen molar-refractivity contribution in [2.24, 2.45) is 0 Å². The molecular formula is C16H13BrN2O2S. The van der Waals surface area contributed by atoms with E-state index in [1.807, 2.05) is 43.3 Å². The van der Waals surface area contributed by atoms with Gasteiger partial charge >= 0.3 is 0 Å². The van der Waals surface area contributed by atoms with Gasteiger partial charge in [-0.2, -0.15) is 0 Å². The van der Waals surface area contributed by atoms with Crippen molar-refractivity contribution in [1.29, 1.82) is 0 Å². The standard InChI is InChI=1S/C16H13BrN2O2S/c1-9-4-3-5-11(8-9)18-16(20)14-10(2)21-19-15(14)12-6-7-13(17)22-12/h3-8H,1-2H3,(H,18,20). The number of halogens is 1. The number of benzene rings is 1. The number of anilines is 1. The number of nitrogens with zero attached hydrogens (tertiary/aromatic N) is 1. The lowest BCUT2D eigenvalue weighted by atomic mass is 10.1. The van der Waals surface area contributed by atoms with Crippen molar-refractivity contribution in [1.82, 2.24) is 5.16 Å². The molecule has 0 saturated carbocycles. The van der Waals surface area contributed by atoms with Crippen molar-refractivity contribution >= 4 is 38.9 Å². The van der Waals surface area contributed by atoms with E-state index in [0.717, 1.165) is 19.9 Å². The first-order chi connectivity index (χ1) is 10.5. The molecule has 0 fully saturated rings. The highest BCUT2D eigenvalue weighted by Crippen LogP contribution is 2.34. The Morgan fingerprint density at radius 1 is 1.27 bits per heavy atom. The van der Waals surface area contributed by atoms with Crippen LogP contribution in [0.3, 0.4) is 0 Å². The zero-order valence-electron chi connectivity index (χ0n) is 12.0. The monoisotopic (exact) mass is 376 g/mol. The molecule has 2 aromatic heterocycles. The Balaban J connectivity index is 1.94. The molecule has 0 aliphatic heterocycles. The average Bonchev–Trinajstić information content (AvgIpc) is 3.04. The van der Waals surface area contributed by atoms with E-state index in [1.165, 1.54) is 11.3 Å². The van der Waals surface area contributed by atoms with Gasteiger partial charge in [0.1, 0.15) is 17.0 Å². The molecule has 1 aromatic carbocycles. The van der Waals surface area contributed by atoms with Gasteiger partial charge in [-0.05, 0) is 59.6 Å². The van der Waals surface area contributed by atoms with Crippen molar-refractivity contribution in [3.05, 3.63) is 57.1 Å². The van der Waals surface area contributed by atoms with Gasteiger partial charge in [0.15, 0.2) is 0 Å². The molecule has 6 heteroatoms. The third-order valence-corrected chi connectivity index (χ3v) is 4.80. The van der Waals surface area contributed by atoms with E-state index in [4.69, 9.17) is 4.52 Å². The highest BCUT2D eigenvalue weighted by atomic mass is 79.9. The molecule has 0 unspecified atom stereocenters. The summed E-state index contributed by atoms with van der Waals surface area (Å²) in [4.78, 5) is 13.5. The molecule has 3 rings (SSSR count). The van der Waals surface area contributed by atoms with Gasteiger partial charge < -0.3 is 9.84 Å². The summed E-state index contributed by atoms with van der Waals surface area (Å²) in [6, 6.07) is 11.5. The lowest BCUT2D eigenvalue weighted by molar-refractivity contribution is 0.102.